The normalized spacial score (nSPS) is 15.7. The number of aryl methyl sites for hydroxylation is 1. The molecule has 0 aromatic heterocycles. The van der Waals surface area contributed by atoms with Gasteiger partial charge in [0.15, 0.2) is 0 Å². The topological polar surface area (TPSA) is 23.5 Å². The van der Waals surface area contributed by atoms with Crippen molar-refractivity contribution in [3.8, 4) is 0 Å². The highest BCUT2D eigenvalue weighted by Gasteiger charge is 2.38. The summed E-state index contributed by atoms with van der Waals surface area (Å²) in [5.74, 6) is 0.0796. The van der Waals surface area contributed by atoms with Gasteiger partial charge in [0, 0.05) is 12.5 Å². The maximum atomic E-state index is 11.6. The minimum Gasteiger partial charge on any atom is -0.380 e. The van der Waals surface area contributed by atoms with E-state index in [1.54, 1.807) is 0 Å². The van der Waals surface area contributed by atoms with Crippen molar-refractivity contribution >= 4 is 0 Å². The van der Waals surface area contributed by atoms with E-state index in [9.17, 15) is 5.11 Å². The van der Waals surface area contributed by atoms with Crippen LogP contribution in [0, 0.1) is 12.8 Å². The van der Waals surface area contributed by atoms with E-state index < -0.39 is 5.60 Å². The van der Waals surface area contributed by atoms with Crippen molar-refractivity contribution in [2.75, 3.05) is 20.6 Å². The average Bonchev–Trinajstić information content (AvgIpc) is 2.47. The van der Waals surface area contributed by atoms with Gasteiger partial charge in [0.2, 0.25) is 0 Å². The van der Waals surface area contributed by atoms with E-state index in [-0.39, 0.29) is 5.92 Å². The van der Waals surface area contributed by atoms with Crippen LogP contribution in [0.3, 0.4) is 0 Å². The molecule has 0 radical (unpaired) electrons. The summed E-state index contributed by atoms with van der Waals surface area (Å²) < 4.78 is 0. The van der Waals surface area contributed by atoms with Gasteiger partial charge in [-0.2, -0.15) is 0 Å². The van der Waals surface area contributed by atoms with Crippen molar-refractivity contribution in [3.63, 3.8) is 0 Å². The van der Waals surface area contributed by atoms with Crippen LogP contribution in [0.2, 0.25) is 0 Å². The Hall–Kier alpha value is -1.64. The molecule has 0 saturated carbocycles. The number of rotatable bonds is 5. The van der Waals surface area contributed by atoms with E-state index in [4.69, 9.17) is 0 Å². The Balaban J connectivity index is 2.57. The fraction of sp³-hybridized carbons (Fsp3) is 0.368. The lowest BCUT2D eigenvalue weighted by atomic mass is 9.75. The van der Waals surface area contributed by atoms with Gasteiger partial charge in [-0.05, 0) is 37.7 Å². The molecule has 2 heteroatoms. The van der Waals surface area contributed by atoms with Crippen LogP contribution in [0.25, 0.3) is 0 Å². The molecule has 0 amide bonds. The molecule has 2 atom stereocenters. The predicted molar refractivity (Wildman–Crippen MR) is 88.3 cm³/mol. The standard InChI is InChI=1S/C19H25NO/c1-15-10-8-9-13-18(15)19(21,16(2)14-20(3)4)17-11-6-5-7-12-17/h5-13,16,21H,14H2,1-4H3. The molecule has 2 rings (SSSR count). The van der Waals surface area contributed by atoms with Crippen molar-refractivity contribution in [1.29, 1.82) is 0 Å². The Morgan fingerprint density at radius 1 is 1.00 bits per heavy atom. The Morgan fingerprint density at radius 2 is 1.57 bits per heavy atom. The first-order valence-electron chi connectivity index (χ1n) is 7.45. The molecular weight excluding hydrogens is 258 g/mol. The Kier molecular flexibility index (Phi) is 4.81. The van der Waals surface area contributed by atoms with Crippen LogP contribution in [-0.2, 0) is 5.60 Å². The molecule has 2 aromatic carbocycles. The molecule has 112 valence electrons. The van der Waals surface area contributed by atoms with E-state index in [0.717, 1.165) is 23.2 Å². The predicted octanol–water partition coefficient (Wildman–Crippen LogP) is 3.43. The summed E-state index contributed by atoms with van der Waals surface area (Å²) in [4.78, 5) is 2.12. The summed E-state index contributed by atoms with van der Waals surface area (Å²) in [6.45, 7) is 4.99. The second-order valence-corrected chi connectivity index (χ2v) is 6.11. The van der Waals surface area contributed by atoms with Crippen molar-refractivity contribution in [3.05, 3.63) is 71.3 Å². The lowest BCUT2D eigenvalue weighted by Gasteiger charge is -2.37. The second-order valence-electron chi connectivity index (χ2n) is 6.11. The van der Waals surface area contributed by atoms with Crippen LogP contribution < -0.4 is 0 Å². The molecule has 0 aliphatic heterocycles. The van der Waals surface area contributed by atoms with Gasteiger partial charge in [0.05, 0.1) is 0 Å². The third-order valence-electron chi connectivity index (χ3n) is 4.12. The molecule has 0 bridgehead atoms. The fourth-order valence-corrected chi connectivity index (χ4v) is 3.08. The van der Waals surface area contributed by atoms with Crippen LogP contribution in [0.5, 0.6) is 0 Å². The van der Waals surface area contributed by atoms with Gasteiger partial charge in [-0.3, -0.25) is 0 Å². The lowest BCUT2D eigenvalue weighted by Crippen LogP contribution is -2.40. The zero-order chi connectivity index (χ0) is 15.5. The zero-order valence-electron chi connectivity index (χ0n) is 13.4. The monoisotopic (exact) mass is 283 g/mol. The van der Waals surface area contributed by atoms with Crippen molar-refractivity contribution in [1.82, 2.24) is 4.90 Å². The van der Waals surface area contributed by atoms with Gasteiger partial charge < -0.3 is 10.0 Å². The van der Waals surface area contributed by atoms with Gasteiger partial charge in [-0.25, -0.2) is 0 Å². The zero-order valence-corrected chi connectivity index (χ0v) is 13.4. The summed E-state index contributed by atoms with van der Waals surface area (Å²) in [5.41, 5.74) is 2.09. The van der Waals surface area contributed by atoms with E-state index in [2.05, 4.69) is 24.8 Å². The molecule has 0 saturated heterocycles. The van der Waals surface area contributed by atoms with Crippen LogP contribution in [0.15, 0.2) is 54.6 Å². The first-order valence-corrected chi connectivity index (χ1v) is 7.45. The average molecular weight is 283 g/mol. The smallest absolute Gasteiger partial charge is 0.119 e. The Labute approximate surface area is 128 Å². The third-order valence-corrected chi connectivity index (χ3v) is 4.12. The largest absolute Gasteiger partial charge is 0.380 e. The van der Waals surface area contributed by atoms with Crippen molar-refractivity contribution < 1.29 is 5.11 Å². The molecular formula is C19H25NO. The maximum Gasteiger partial charge on any atom is 0.119 e. The fourth-order valence-electron chi connectivity index (χ4n) is 3.08. The molecule has 2 nitrogen and oxygen atoms in total. The number of benzene rings is 2. The molecule has 0 spiro atoms. The van der Waals surface area contributed by atoms with Gasteiger partial charge in [0.1, 0.15) is 5.60 Å². The van der Waals surface area contributed by atoms with E-state index in [1.807, 2.05) is 62.6 Å². The number of hydrogen-bond acceptors (Lipinski definition) is 2. The highest BCUT2D eigenvalue weighted by molar-refractivity contribution is 5.41. The first kappa shape index (κ1) is 15.7. The Bertz CT molecular complexity index is 579. The highest BCUT2D eigenvalue weighted by atomic mass is 16.3. The SMILES string of the molecule is Cc1ccccc1C(O)(c1ccccc1)C(C)CN(C)C. The summed E-state index contributed by atoms with van der Waals surface area (Å²) in [5, 5.41) is 11.6. The summed E-state index contributed by atoms with van der Waals surface area (Å²) >= 11 is 0. The van der Waals surface area contributed by atoms with Crippen LogP contribution in [0.4, 0.5) is 0 Å². The minimum absolute atomic E-state index is 0.0796. The molecule has 0 heterocycles. The minimum atomic E-state index is -0.975. The van der Waals surface area contributed by atoms with E-state index in [1.165, 1.54) is 0 Å². The molecule has 2 aromatic rings. The number of aliphatic hydroxyl groups is 1. The highest BCUT2D eigenvalue weighted by Crippen LogP contribution is 2.38. The molecule has 0 fully saturated rings. The molecule has 21 heavy (non-hydrogen) atoms. The second kappa shape index (κ2) is 6.42. The molecule has 0 aliphatic carbocycles. The maximum absolute atomic E-state index is 11.6. The van der Waals surface area contributed by atoms with Crippen molar-refractivity contribution in [2.24, 2.45) is 5.92 Å². The summed E-state index contributed by atoms with van der Waals surface area (Å²) in [7, 11) is 4.08. The summed E-state index contributed by atoms with van der Waals surface area (Å²) in [6, 6.07) is 18.1. The van der Waals surface area contributed by atoms with E-state index in [0.29, 0.717) is 0 Å². The van der Waals surface area contributed by atoms with Gasteiger partial charge in [-0.15, -0.1) is 0 Å². The quantitative estimate of drug-likeness (QED) is 0.909. The van der Waals surface area contributed by atoms with Crippen molar-refractivity contribution in [2.45, 2.75) is 19.4 Å². The Morgan fingerprint density at radius 3 is 2.14 bits per heavy atom. The van der Waals surface area contributed by atoms with E-state index >= 15 is 0 Å². The van der Waals surface area contributed by atoms with Gasteiger partial charge in [-0.1, -0.05) is 61.5 Å². The number of nitrogens with zero attached hydrogens (tertiary/aromatic N) is 1. The number of hydrogen-bond donors (Lipinski definition) is 1. The van der Waals surface area contributed by atoms with Gasteiger partial charge >= 0.3 is 0 Å². The van der Waals surface area contributed by atoms with Crippen LogP contribution in [0.1, 0.15) is 23.6 Å². The lowest BCUT2D eigenvalue weighted by molar-refractivity contribution is 0.0129. The molecule has 0 aliphatic rings. The first-order chi connectivity index (χ1) is 9.96. The third kappa shape index (κ3) is 3.17. The van der Waals surface area contributed by atoms with Crippen LogP contribution in [-0.4, -0.2) is 30.6 Å². The molecule has 2 unspecified atom stereocenters. The van der Waals surface area contributed by atoms with Gasteiger partial charge in [0.25, 0.3) is 0 Å². The summed E-state index contributed by atoms with van der Waals surface area (Å²) in [6.07, 6.45) is 0. The van der Waals surface area contributed by atoms with Crippen LogP contribution >= 0.6 is 0 Å². The molecule has 1 N–H and O–H groups in total.